The second kappa shape index (κ2) is 8.80. The number of ether oxygens (including phenoxy) is 1. The van der Waals surface area contributed by atoms with Gasteiger partial charge in [0, 0.05) is 24.4 Å². The highest BCUT2D eigenvalue weighted by Gasteiger charge is 2.25. The van der Waals surface area contributed by atoms with Gasteiger partial charge in [0.1, 0.15) is 5.75 Å². The van der Waals surface area contributed by atoms with E-state index in [4.69, 9.17) is 15.0 Å². The van der Waals surface area contributed by atoms with Gasteiger partial charge in [0.15, 0.2) is 0 Å². The third-order valence-corrected chi connectivity index (χ3v) is 4.94. The van der Waals surface area contributed by atoms with Crippen molar-refractivity contribution in [3.63, 3.8) is 0 Å². The summed E-state index contributed by atoms with van der Waals surface area (Å²) in [5, 5.41) is 7.10. The summed E-state index contributed by atoms with van der Waals surface area (Å²) in [6, 6.07) is 7.62. The van der Waals surface area contributed by atoms with Gasteiger partial charge in [-0.1, -0.05) is 18.0 Å². The molecule has 2 atom stereocenters. The lowest BCUT2D eigenvalue weighted by molar-refractivity contribution is -0.122. The predicted octanol–water partition coefficient (Wildman–Crippen LogP) is 2.31. The molecular formula is C19H26N4O3. The summed E-state index contributed by atoms with van der Waals surface area (Å²) < 4.78 is 10.4. The van der Waals surface area contributed by atoms with Crippen molar-refractivity contribution in [1.82, 2.24) is 15.5 Å². The molecule has 26 heavy (non-hydrogen) atoms. The topological polar surface area (TPSA) is 103 Å². The molecule has 1 aliphatic carbocycles. The van der Waals surface area contributed by atoms with Crippen LogP contribution in [0.25, 0.3) is 11.4 Å². The Morgan fingerprint density at radius 1 is 1.31 bits per heavy atom. The van der Waals surface area contributed by atoms with Crippen LogP contribution in [0.15, 0.2) is 28.8 Å². The number of benzene rings is 1. The largest absolute Gasteiger partial charge is 0.497 e. The van der Waals surface area contributed by atoms with E-state index in [0.717, 1.165) is 30.6 Å². The van der Waals surface area contributed by atoms with E-state index in [-0.39, 0.29) is 11.9 Å². The molecule has 2 unspecified atom stereocenters. The zero-order chi connectivity index (χ0) is 18.4. The van der Waals surface area contributed by atoms with Gasteiger partial charge in [0.05, 0.1) is 7.11 Å². The molecular weight excluding hydrogens is 332 g/mol. The van der Waals surface area contributed by atoms with Gasteiger partial charge in [-0.2, -0.15) is 4.98 Å². The highest BCUT2D eigenvalue weighted by molar-refractivity contribution is 5.76. The third kappa shape index (κ3) is 4.60. The van der Waals surface area contributed by atoms with Crippen LogP contribution in [0.3, 0.4) is 0 Å². The van der Waals surface area contributed by atoms with E-state index in [1.54, 1.807) is 7.11 Å². The van der Waals surface area contributed by atoms with Crippen LogP contribution in [0.5, 0.6) is 5.75 Å². The summed E-state index contributed by atoms with van der Waals surface area (Å²) in [5.41, 5.74) is 6.66. The number of aryl methyl sites for hydroxylation is 1. The minimum absolute atomic E-state index is 0.0135. The number of nitrogens with two attached hydrogens (primary N) is 1. The van der Waals surface area contributed by atoms with E-state index in [1.807, 2.05) is 24.3 Å². The van der Waals surface area contributed by atoms with Crippen LogP contribution in [0.4, 0.5) is 0 Å². The van der Waals surface area contributed by atoms with Crippen molar-refractivity contribution in [2.75, 3.05) is 13.7 Å². The van der Waals surface area contributed by atoms with E-state index in [0.29, 0.717) is 37.0 Å². The molecule has 0 spiro atoms. The molecule has 0 aliphatic heterocycles. The van der Waals surface area contributed by atoms with Gasteiger partial charge in [-0.15, -0.1) is 0 Å². The van der Waals surface area contributed by atoms with E-state index >= 15 is 0 Å². The minimum atomic E-state index is 0.0135. The van der Waals surface area contributed by atoms with Crippen molar-refractivity contribution in [2.45, 2.75) is 44.6 Å². The lowest BCUT2D eigenvalue weighted by Crippen LogP contribution is -2.44. The average Bonchev–Trinajstić information content (AvgIpc) is 3.16. The van der Waals surface area contributed by atoms with E-state index < -0.39 is 0 Å². The maximum absolute atomic E-state index is 12.2. The van der Waals surface area contributed by atoms with Gasteiger partial charge in [-0.25, -0.2) is 0 Å². The summed E-state index contributed by atoms with van der Waals surface area (Å²) >= 11 is 0. The number of hydrogen-bond acceptors (Lipinski definition) is 6. The zero-order valence-corrected chi connectivity index (χ0v) is 15.1. The molecule has 1 aromatic heterocycles. The predicted molar refractivity (Wildman–Crippen MR) is 97.6 cm³/mol. The Hall–Kier alpha value is -2.41. The molecule has 2 aromatic rings. The van der Waals surface area contributed by atoms with Gasteiger partial charge < -0.3 is 20.3 Å². The van der Waals surface area contributed by atoms with Gasteiger partial charge in [-0.3, -0.25) is 4.79 Å². The molecule has 3 rings (SSSR count). The van der Waals surface area contributed by atoms with Crippen molar-refractivity contribution in [2.24, 2.45) is 11.7 Å². The Morgan fingerprint density at radius 2 is 2.08 bits per heavy atom. The number of carbonyl (C=O) groups excluding carboxylic acids is 1. The number of nitrogens with zero attached hydrogens (tertiary/aromatic N) is 2. The number of aromatic nitrogens is 2. The SMILES string of the molecule is COc1ccc(-c2noc(CCC(=O)NC3CCCCC3CN)n2)cc1. The van der Waals surface area contributed by atoms with Crippen LogP contribution in [0.2, 0.25) is 0 Å². The third-order valence-electron chi connectivity index (χ3n) is 4.94. The molecule has 1 fully saturated rings. The molecule has 7 heteroatoms. The lowest BCUT2D eigenvalue weighted by Gasteiger charge is -2.31. The monoisotopic (exact) mass is 358 g/mol. The van der Waals surface area contributed by atoms with Gasteiger partial charge >= 0.3 is 0 Å². The molecule has 0 radical (unpaired) electrons. The van der Waals surface area contributed by atoms with E-state index in [2.05, 4.69) is 15.5 Å². The summed E-state index contributed by atoms with van der Waals surface area (Å²) in [6.45, 7) is 0.625. The number of nitrogens with one attached hydrogen (secondary N) is 1. The van der Waals surface area contributed by atoms with Gasteiger partial charge in [-0.05, 0) is 49.6 Å². The lowest BCUT2D eigenvalue weighted by atomic mass is 9.84. The van der Waals surface area contributed by atoms with Crippen molar-refractivity contribution in [3.8, 4) is 17.1 Å². The van der Waals surface area contributed by atoms with Crippen molar-refractivity contribution in [1.29, 1.82) is 0 Å². The number of hydrogen-bond donors (Lipinski definition) is 2. The number of methoxy groups -OCH3 is 1. The second-order valence-corrected chi connectivity index (χ2v) is 6.69. The first-order valence-corrected chi connectivity index (χ1v) is 9.16. The fourth-order valence-electron chi connectivity index (χ4n) is 3.39. The molecule has 1 saturated carbocycles. The van der Waals surface area contributed by atoms with Crippen LogP contribution in [-0.2, 0) is 11.2 Å². The van der Waals surface area contributed by atoms with Crippen molar-refractivity contribution < 1.29 is 14.1 Å². The standard InChI is InChI=1S/C19H26N4O3/c1-25-15-8-6-13(7-9-15)19-22-18(26-23-19)11-10-17(24)21-16-5-3-2-4-14(16)12-20/h6-9,14,16H,2-5,10-12,20H2,1H3,(H,21,24). The van der Waals surface area contributed by atoms with Crippen molar-refractivity contribution in [3.05, 3.63) is 30.2 Å². The number of amides is 1. The van der Waals surface area contributed by atoms with Gasteiger partial charge in [0.2, 0.25) is 17.6 Å². The van der Waals surface area contributed by atoms with Crippen LogP contribution >= 0.6 is 0 Å². The first kappa shape index (κ1) is 18.4. The average molecular weight is 358 g/mol. The summed E-state index contributed by atoms with van der Waals surface area (Å²) in [6.07, 6.45) is 5.21. The maximum Gasteiger partial charge on any atom is 0.227 e. The Balaban J connectivity index is 1.51. The fourth-order valence-corrected chi connectivity index (χ4v) is 3.39. The maximum atomic E-state index is 12.2. The molecule has 0 bridgehead atoms. The number of carbonyl (C=O) groups is 1. The highest BCUT2D eigenvalue weighted by Crippen LogP contribution is 2.24. The molecule has 1 amide bonds. The Bertz CT molecular complexity index is 714. The normalized spacial score (nSPS) is 19.9. The van der Waals surface area contributed by atoms with Crippen LogP contribution < -0.4 is 15.8 Å². The molecule has 1 aliphatic rings. The fraction of sp³-hybridized carbons (Fsp3) is 0.526. The van der Waals surface area contributed by atoms with Crippen molar-refractivity contribution >= 4 is 5.91 Å². The van der Waals surface area contributed by atoms with E-state index in [1.165, 1.54) is 6.42 Å². The first-order chi connectivity index (χ1) is 12.7. The zero-order valence-electron chi connectivity index (χ0n) is 15.1. The molecule has 140 valence electrons. The summed E-state index contributed by atoms with van der Waals surface area (Å²) in [7, 11) is 1.62. The molecule has 1 heterocycles. The summed E-state index contributed by atoms with van der Waals surface area (Å²) in [4.78, 5) is 16.6. The Morgan fingerprint density at radius 3 is 2.81 bits per heavy atom. The van der Waals surface area contributed by atoms with Gasteiger partial charge in [0.25, 0.3) is 0 Å². The molecule has 3 N–H and O–H groups in total. The molecule has 1 aromatic carbocycles. The Labute approximate surface area is 153 Å². The Kier molecular flexibility index (Phi) is 6.22. The van der Waals surface area contributed by atoms with Crippen LogP contribution in [-0.4, -0.2) is 35.7 Å². The first-order valence-electron chi connectivity index (χ1n) is 9.16. The summed E-state index contributed by atoms with van der Waals surface area (Å²) in [5.74, 6) is 2.15. The van der Waals surface area contributed by atoms with E-state index in [9.17, 15) is 4.79 Å². The van der Waals surface area contributed by atoms with Crippen LogP contribution in [0, 0.1) is 5.92 Å². The number of rotatable bonds is 7. The smallest absolute Gasteiger partial charge is 0.227 e. The molecule has 7 nitrogen and oxygen atoms in total. The van der Waals surface area contributed by atoms with Crippen LogP contribution in [0.1, 0.15) is 38.0 Å². The molecule has 0 saturated heterocycles. The quantitative estimate of drug-likeness (QED) is 0.787. The highest BCUT2D eigenvalue weighted by atomic mass is 16.5. The minimum Gasteiger partial charge on any atom is -0.497 e. The second-order valence-electron chi connectivity index (χ2n) is 6.69.